The van der Waals surface area contributed by atoms with Crippen LogP contribution in [0.2, 0.25) is 0 Å². The summed E-state index contributed by atoms with van der Waals surface area (Å²) in [6.07, 6.45) is 9.98. The molecule has 2 aromatic heterocycles. The molecule has 1 aliphatic heterocycles. The molecule has 1 saturated heterocycles. The van der Waals surface area contributed by atoms with Crippen molar-refractivity contribution >= 4 is 28.8 Å². The van der Waals surface area contributed by atoms with Crippen molar-refractivity contribution in [1.29, 1.82) is 0 Å². The first-order chi connectivity index (χ1) is 14.9. The van der Waals surface area contributed by atoms with Crippen LogP contribution in [0.3, 0.4) is 0 Å². The predicted octanol–water partition coefficient (Wildman–Crippen LogP) is 5.13. The van der Waals surface area contributed by atoms with Gasteiger partial charge in [-0.2, -0.15) is 0 Å². The Hall–Kier alpha value is -2.25. The van der Waals surface area contributed by atoms with E-state index in [2.05, 4.69) is 4.98 Å². The smallest absolute Gasteiger partial charge is 0.270 e. The lowest BCUT2D eigenvalue weighted by atomic mass is 10.0. The van der Waals surface area contributed by atoms with Crippen molar-refractivity contribution in [3.8, 4) is 10.6 Å². The Kier molecular flexibility index (Phi) is 6.44. The van der Waals surface area contributed by atoms with E-state index in [0.29, 0.717) is 40.2 Å². The summed E-state index contributed by atoms with van der Waals surface area (Å²) in [6.45, 7) is 3.17. The largest absolute Gasteiger partial charge is 0.345 e. The van der Waals surface area contributed by atoms with Crippen LogP contribution in [0.4, 0.5) is 4.39 Å². The molecule has 0 unspecified atom stereocenters. The number of hydrogen-bond donors (Lipinski definition) is 0. The lowest BCUT2D eigenvalue weighted by Gasteiger charge is -2.28. The molecule has 0 aromatic carbocycles. The molecule has 1 fully saturated rings. The Labute approximate surface area is 189 Å². The topological polar surface area (TPSA) is 55.2 Å². The minimum Gasteiger partial charge on any atom is -0.345 e. The molecule has 3 heterocycles. The van der Waals surface area contributed by atoms with E-state index in [1.807, 2.05) is 4.90 Å². The van der Waals surface area contributed by atoms with Gasteiger partial charge in [-0.1, -0.05) is 17.7 Å². The highest BCUT2D eigenvalue weighted by Crippen LogP contribution is 2.33. The van der Waals surface area contributed by atoms with Crippen LogP contribution >= 0.6 is 22.9 Å². The number of thiazole rings is 1. The summed E-state index contributed by atoms with van der Waals surface area (Å²) in [5.41, 5.74) is 1.80. The number of rotatable bonds is 4. The lowest BCUT2D eigenvalue weighted by Crippen LogP contribution is -2.38. The van der Waals surface area contributed by atoms with Crippen molar-refractivity contribution in [3.63, 3.8) is 0 Å². The zero-order valence-corrected chi connectivity index (χ0v) is 19.3. The van der Waals surface area contributed by atoms with Crippen molar-refractivity contribution in [2.75, 3.05) is 13.1 Å². The average Bonchev–Trinajstić information content (AvgIpc) is 3.23. The minimum absolute atomic E-state index is 0.0900. The van der Waals surface area contributed by atoms with Gasteiger partial charge in [-0.3, -0.25) is 9.59 Å². The molecule has 2 aliphatic rings. The number of nitrogens with zero attached hydrogens (tertiary/aromatic N) is 3. The average molecular weight is 462 g/mol. The van der Waals surface area contributed by atoms with E-state index in [1.165, 1.54) is 11.3 Å². The number of piperidine rings is 1. The Morgan fingerprint density at radius 2 is 2.03 bits per heavy atom. The van der Waals surface area contributed by atoms with Gasteiger partial charge < -0.3 is 9.47 Å². The van der Waals surface area contributed by atoms with E-state index in [1.54, 1.807) is 37.0 Å². The third-order valence-corrected chi connectivity index (χ3v) is 7.27. The van der Waals surface area contributed by atoms with Crippen LogP contribution in [0.15, 0.2) is 39.7 Å². The van der Waals surface area contributed by atoms with Gasteiger partial charge in [-0.05, 0) is 44.6 Å². The van der Waals surface area contributed by atoms with Gasteiger partial charge in [-0.15, -0.1) is 11.3 Å². The van der Waals surface area contributed by atoms with Gasteiger partial charge in [-0.25, -0.2) is 9.37 Å². The maximum atomic E-state index is 14.3. The monoisotopic (exact) mass is 461 g/mol. The third kappa shape index (κ3) is 4.39. The Morgan fingerprint density at radius 3 is 2.77 bits per heavy atom. The van der Waals surface area contributed by atoms with Crippen molar-refractivity contribution in [1.82, 2.24) is 14.5 Å². The van der Waals surface area contributed by atoms with Crippen LogP contribution < -0.4 is 5.43 Å². The number of carbonyl (C=O) groups is 1. The van der Waals surface area contributed by atoms with E-state index in [0.717, 1.165) is 43.6 Å². The molecule has 0 N–H and O–H groups in total. The number of halogens is 2. The Balaban J connectivity index is 1.63. The Bertz CT molecular complexity index is 1140. The highest BCUT2D eigenvalue weighted by atomic mass is 35.5. The van der Waals surface area contributed by atoms with Crippen molar-refractivity contribution in [2.24, 2.45) is 7.05 Å². The molecule has 4 rings (SSSR count). The molecule has 31 heavy (non-hydrogen) atoms. The first-order valence-electron chi connectivity index (χ1n) is 10.5. The fourth-order valence-corrected chi connectivity index (χ4v) is 5.44. The number of allylic oxidation sites excluding steroid dienone is 4. The standard InChI is InChI=1S/C23H25ClFN3O2S/c1-14-20(23(30)28-9-4-3-5-10-28)27(2)13-17(21(14)29)22-26-12-16(31-22)11-15-7-6-8-18(24)19(15)25/h8,12-13H,3-7,9-11H2,1-2H3. The first-order valence-corrected chi connectivity index (χ1v) is 11.7. The van der Waals surface area contributed by atoms with Crippen molar-refractivity contribution in [2.45, 2.75) is 45.4 Å². The second kappa shape index (κ2) is 9.09. The SMILES string of the molecule is Cc1c(C(=O)N2CCCCC2)n(C)cc(-c2ncc(CC3=C(F)C(Cl)=CCC3)s2)c1=O. The van der Waals surface area contributed by atoms with Crippen LogP contribution in [-0.4, -0.2) is 33.4 Å². The Morgan fingerprint density at radius 1 is 1.29 bits per heavy atom. The van der Waals surface area contributed by atoms with Gasteiger partial charge in [0.2, 0.25) is 0 Å². The molecular formula is C23H25ClFN3O2S. The molecule has 0 atom stereocenters. The molecule has 1 aliphatic carbocycles. The molecule has 2 aromatic rings. The van der Waals surface area contributed by atoms with Gasteiger partial charge in [0.15, 0.2) is 5.43 Å². The summed E-state index contributed by atoms with van der Waals surface area (Å²) in [4.78, 5) is 33.3. The van der Waals surface area contributed by atoms with Crippen LogP contribution in [0, 0.1) is 6.92 Å². The summed E-state index contributed by atoms with van der Waals surface area (Å²) in [6, 6.07) is 0. The number of hydrogen-bond acceptors (Lipinski definition) is 4. The lowest BCUT2D eigenvalue weighted by molar-refractivity contribution is 0.0712. The van der Waals surface area contributed by atoms with Gasteiger partial charge in [0.25, 0.3) is 5.91 Å². The predicted molar refractivity (Wildman–Crippen MR) is 122 cm³/mol. The maximum absolute atomic E-state index is 14.3. The highest BCUT2D eigenvalue weighted by Gasteiger charge is 2.25. The molecule has 0 bridgehead atoms. The number of likely N-dealkylation sites (tertiary alicyclic amines) is 1. The zero-order valence-electron chi connectivity index (χ0n) is 17.7. The number of pyridine rings is 1. The summed E-state index contributed by atoms with van der Waals surface area (Å²) < 4.78 is 16.0. The molecule has 0 radical (unpaired) electrons. The fourth-order valence-electron chi connectivity index (χ4n) is 4.23. The molecule has 8 heteroatoms. The van der Waals surface area contributed by atoms with Gasteiger partial charge >= 0.3 is 0 Å². The van der Waals surface area contributed by atoms with E-state index in [-0.39, 0.29) is 22.2 Å². The number of amides is 1. The molecular weight excluding hydrogens is 437 g/mol. The molecule has 1 amide bonds. The molecule has 0 saturated carbocycles. The van der Waals surface area contributed by atoms with Crippen LogP contribution in [0.1, 0.15) is 53.0 Å². The molecule has 164 valence electrons. The molecule has 0 spiro atoms. The zero-order chi connectivity index (χ0) is 22.1. The van der Waals surface area contributed by atoms with Gasteiger partial charge in [0.1, 0.15) is 16.5 Å². The third-order valence-electron chi connectivity index (χ3n) is 5.92. The fraction of sp³-hybridized carbons (Fsp3) is 0.435. The quantitative estimate of drug-likeness (QED) is 0.634. The highest BCUT2D eigenvalue weighted by molar-refractivity contribution is 7.15. The van der Waals surface area contributed by atoms with Gasteiger partial charge in [0, 0.05) is 49.4 Å². The number of aryl methyl sites for hydroxylation is 1. The summed E-state index contributed by atoms with van der Waals surface area (Å²) >= 11 is 7.30. The van der Waals surface area contributed by atoms with E-state index in [4.69, 9.17) is 11.6 Å². The summed E-state index contributed by atoms with van der Waals surface area (Å²) in [5.74, 6) is -0.442. The van der Waals surface area contributed by atoms with Crippen molar-refractivity contribution < 1.29 is 9.18 Å². The summed E-state index contributed by atoms with van der Waals surface area (Å²) in [7, 11) is 1.79. The number of carbonyl (C=O) groups excluding carboxylic acids is 1. The second-order valence-corrected chi connectivity index (χ2v) is 9.65. The molecule has 5 nitrogen and oxygen atoms in total. The summed E-state index contributed by atoms with van der Waals surface area (Å²) in [5, 5.41) is 0.749. The van der Waals surface area contributed by atoms with Crippen LogP contribution in [-0.2, 0) is 13.5 Å². The number of aromatic nitrogens is 2. The van der Waals surface area contributed by atoms with Crippen molar-refractivity contribution in [3.05, 3.63) is 61.3 Å². The van der Waals surface area contributed by atoms with E-state index >= 15 is 0 Å². The first kappa shape index (κ1) is 22.0. The normalized spacial score (nSPS) is 17.2. The van der Waals surface area contributed by atoms with E-state index < -0.39 is 0 Å². The second-order valence-electron chi connectivity index (χ2n) is 8.13. The maximum Gasteiger partial charge on any atom is 0.270 e. The van der Waals surface area contributed by atoms with E-state index in [9.17, 15) is 14.0 Å². The van der Waals surface area contributed by atoms with Crippen LogP contribution in [0.5, 0.6) is 0 Å². The minimum atomic E-state index is -0.352. The van der Waals surface area contributed by atoms with Crippen LogP contribution in [0.25, 0.3) is 10.6 Å². The van der Waals surface area contributed by atoms with Gasteiger partial charge in [0.05, 0.1) is 10.6 Å².